The first kappa shape index (κ1) is 16.1. The lowest BCUT2D eigenvalue weighted by Gasteiger charge is -2.17. The van der Waals surface area contributed by atoms with Crippen molar-refractivity contribution < 1.29 is 0 Å². The summed E-state index contributed by atoms with van der Waals surface area (Å²) >= 11 is 0. The molecule has 0 radical (unpaired) electrons. The zero-order valence-corrected chi connectivity index (χ0v) is 14.2. The Morgan fingerprint density at radius 3 is 2.75 bits per heavy atom. The summed E-state index contributed by atoms with van der Waals surface area (Å²) in [7, 11) is 4.01. The molecule has 124 valence electrons. The van der Waals surface area contributed by atoms with Gasteiger partial charge in [-0.3, -0.25) is 5.10 Å². The molecule has 0 spiro atoms. The molecule has 24 heavy (non-hydrogen) atoms. The molecule has 0 amide bonds. The maximum atomic E-state index is 4.68. The number of hydrogen-bond donors (Lipinski definition) is 2. The second-order valence-corrected chi connectivity index (χ2v) is 5.99. The van der Waals surface area contributed by atoms with E-state index in [1.165, 1.54) is 11.1 Å². The van der Waals surface area contributed by atoms with Gasteiger partial charge in [-0.2, -0.15) is 5.10 Å². The highest BCUT2D eigenvalue weighted by Crippen LogP contribution is 2.12. The molecule has 5 heteroatoms. The van der Waals surface area contributed by atoms with E-state index in [0.717, 1.165) is 29.8 Å². The van der Waals surface area contributed by atoms with Gasteiger partial charge in [-0.1, -0.05) is 42.5 Å². The van der Waals surface area contributed by atoms with Crippen LogP contribution in [0.3, 0.4) is 0 Å². The SMILES string of the molecule is CN(C)C(=NCc1ccccc1)NCCc1ccc2cn[nH]c2c1. The fourth-order valence-electron chi connectivity index (χ4n) is 2.56. The molecule has 0 saturated heterocycles. The molecule has 0 atom stereocenters. The van der Waals surface area contributed by atoms with Gasteiger partial charge >= 0.3 is 0 Å². The molecule has 2 N–H and O–H groups in total. The van der Waals surface area contributed by atoms with E-state index in [4.69, 9.17) is 0 Å². The van der Waals surface area contributed by atoms with Gasteiger partial charge in [0.2, 0.25) is 0 Å². The van der Waals surface area contributed by atoms with Crippen LogP contribution < -0.4 is 5.32 Å². The van der Waals surface area contributed by atoms with E-state index in [0.29, 0.717) is 6.54 Å². The number of H-pyrrole nitrogens is 1. The second kappa shape index (κ2) is 7.64. The Balaban J connectivity index is 1.57. The summed E-state index contributed by atoms with van der Waals surface area (Å²) in [6.45, 7) is 1.52. The molecule has 0 aliphatic rings. The number of nitrogens with zero attached hydrogens (tertiary/aromatic N) is 3. The zero-order chi connectivity index (χ0) is 16.8. The van der Waals surface area contributed by atoms with Crippen molar-refractivity contribution in [2.75, 3.05) is 20.6 Å². The number of rotatable bonds is 5. The Morgan fingerprint density at radius 1 is 1.12 bits per heavy atom. The zero-order valence-electron chi connectivity index (χ0n) is 14.2. The van der Waals surface area contributed by atoms with Crippen molar-refractivity contribution in [1.29, 1.82) is 0 Å². The quantitative estimate of drug-likeness (QED) is 0.561. The van der Waals surface area contributed by atoms with Crippen molar-refractivity contribution in [2.24, 2.45) is 4.99 Å². The molecule has 2 aromatic carbocycles. The van der Waals surface area contributed by atoms with Crippen molar-refractivity contribution >= 4 is 16.9 Å². The van der Waals surface area contributed by atoms with Crippen molar-refractivity contribution in [2.45, 2.75) is 13.0 Å². The fraction of sp³-hybridized carbons (Fsp3) is 0.263. The first-order valence-electron chi connectivity index (χ1n) is 8.14. The van der Waals surface area contributed by atoms with E-state index in [2.05, 4.69) is 50.8 Å². The molecule has 1 aromatic heterocycles. The lowest BCUT2D eigenvalue weighted by Crippen LogP contribution is -2.37. The summed E-state index contributed by atoms with van der Waals surface area (Å²) in [5.41, 5.74) is 3.57. The minimum atomic E-state index is 0.682. The Morgan fingerprint density at radius 2 is 1.96 bits per heavy atom. The summed E-state index contributed by atoms with van der Waals surface area (Å²) in [4.78, 5) is 6.70. The van der Waals surface area contributed by atoms with Gasteiger partial charge in [-0.25, -0.2) is 4.99 Å². The number of aliphatic imine (C=N–C) groups is 1. The lowest BCUT2D eigenvalue weighted by atomic mass is 10.1. The van der Waals surface area contributed by atoms with Crippen LogP contribution in [0.4, 0.5) is 0 Å². The summed E-state index contributed by atoms with van der Waals surface area (Å²) in [6, 6.07) is 16.7. The third-order valence-corrected chi connectivity index (χ3v) is 3.88. The molecule has 1 heterocycles. The Kier molecular flexibility index (Phi) is 5.11. The number of nitrogens with one attached hydrogen (secondary N) is 2. The van der Waals surface area contributed by atoms with Gasteiger partial charge in [0.15, 0.2) is 5.96 Å². The molecule has 0 saturated carbocycles. The monoisotopic (exact) mass is 321 g/mol. The third kappa shape index (κ3) is 4.13. The summed E-state index contributed by atoms with van der Waals surface area (Å²) in [6.07, 6.45) is 2.78. The first-order valence-corrected chi connectivity index (χ1v) is 8.14. The highest BCUT2D eigenvalue weighted by atomic mass is 15.3. The molecule has 0 fully saturated rings. The highest BCUT2D eigenvalue weighted by Gasteiger charge is 2.03. The third-order valence-electron chi connectivity index (χ3n) is 3.88. The Hall–Kier alpha value is -2.82. The van der Waals surface area contributed by atoms with Crippen LogP contribution in [0.15, 0.2) is 59.7 Å². The molecular weight excluding hydrogens is 298 g/mol. The molecule has 0 bridgehead atoms. The lowest BCUT2D eigenvalue weighted by molar-refractivity contribution is 0.579. The Labute approximate surface area is 142 Å². The average molecular weight is 321 g/mol. The largest absolute Gasteiger partial charge is 0.356 e. The summed E-state index contributed by atoms with van der Waals surface area (Å²) < 4.78 is 0. The maximum Gasteiger partial charge on any atom is 0.193 e. The van der Waals surface area contributed by atoms with Crippen molar-refractivity contribution in [1.82, 2.24) is 20.4 Å². The van der Waals surface area contributed by atoms with Crippen LogP contribution in [-0.2, 0) is 13.0 Å². The number of aromatic nitrogens is 2. The number of aromatic amines is 1. The van der Waals surface area contributed by atoms with Gasteiger partial charge < -0.3 is 10.2 Å². The molecule has 5 nitrogen and oxygen atoms in total. The van der Waals surface area contributed by atoms with Crippen molar-refractivity contribution in [3.05, 3.63) is 65.9 Å². The van der Waals surface area contributed by atoms with E-state index < -0.39 is 0 Å². The van der Waals surface area contributed by atoms with Crippen LogP contribution >= 0.6 is 0 Å². The van der Waals surface area contributed by atoms with Gasteiger partial charge in [0.1, 0.15) is 0 Å². The van der Waals surface area contributed by atoms with Gasteiger partial charge in [-0.05, 0) is 23.6 Å². The Bertz CT molecular complexity index is 805. The summed E-state index contributed by atoms with van der Waals surface area (Å²) in [5.74, 6) is 0.904. The first-order chi connectivity index (χ1) is 11.7. The van der Waals surface area contributed by atoms with Crippen LogP contribution in [-0.4, -0.2) is 41.7 Å². The van der Waals surface area contributed by atoms with E-state index in [1.807, 2.05) is 43.4 Å². The minimum Gasteiger partial charge on any atom is -0.356 e. The van der Waals surface area contributed by atoms with Crippen LogP contribution in [0.2, 0.25) is 0 Å². The van der Waals surface area contributed by atoms with E-state index in [9.17, 15) is 0 Å². The number of guanidine groups is 1. The smallest absolute Gasteiger partial charge is 0.193 e. The standard InChI is InChI=1S/C19H23N5/c1-24(2)19(21-13-16-6-4-3-5-7-16)20-11-10-15-8-9-17-14-22-23-18(17)12-15/h3-9,12,14H,10-11,13H2,1-2H3,(H,20,21)(H,22,23). The van der Waals surface area contributed by atoms with Crippen molar-refractivity contribution in [3.8, 4) is 0 Å². The minimum absolute atomic E-state index is 0.682. The highest BCUT2D eigenvalue weighted by molar-refractivity contribution is 5.80. The summed E-state index contributed by atoms with van der Waals surface area (Å²) in [5, 5.41) is 11.6. The normalized spacial score (nSPS) is 11.7. The van der Waals surface area contributed by atoms with Gasteiger partial charge in [0.05, 0.1) is 18.3 Å². The van der Waals surface area contributed by atoms with E-state index >= 15 is 0 Å². The molecule has 0 unspecified atom stereocenters. The van der Waals surface area contributed by atoms with Gasteiger partial charge in [0.25, 0.3) is 0 Å². The van der Waals surface area contributed by atoms with Crippen LogP contribution in [0, 0.1) is 0 Å². The topological polar surface area (TPSA) is 56.3 Å². The van der Waals surface area contributed by atoms with Crippen molar-refractivity contribution in [3.63, 3.8) is 0 Å². The molecular formula is C19H23N5. The number of fused-ring (bicyclic) bond motifs is 1. The van der Waals surface area contributed by atoms with Crippen LogP contribution in [0.1, 0.15) is 11.1 Å². The number of hydrogen-bond acceptors (Lipinski definition) is 2. The second-order valence-electron chi connectivity index (χ2n) is 5.99. The van der Waals surface area contributed by atoms with E-state index in [1.54, 1.807) is 0 Å². The van der Waals surface area contributed by atoms with E-state index in [-0.39, 0.29) is 0 Å². The molecule has 0 aliphatic heterocycles. The molecule has 3 aromatic rings. The molecule has 0 aliphatic carbocycles. The van der Waals surface area contributed by atoms with Gasteiger partial charge in [-0.15, -0.1) is 0 Å². The predicted octanol–water partition coefficient (Wildman–Crippen LogP) is 2.81. The van der Waals surface area contributed by atoms with Crippen LogP contribution in [0.25, 0.3) is 10.9 Å². The maximum absolute atomic E-state index is 4.68. The van der Waals surface area contributed by atoms with Crippen LogP contribution in [0.5, 0.6) is 0 Å². The number of benzene rings is 2. The fourth-order valence-corrected chi connectivity index (χ4v) is 2.56. The molecule has 3 rings (SSSR count). The van der Waals surface area contributed by atoms with Gasteiger partial charge in [0, 0.05) is 26.0 Å². The predicted molar refractivity (Wildman–Crippen MR) is 99.1 cm³/mol. The average Bonchev–Trinajstić information content (AvgIpc) is 3.06.